The Hall–Kier alpha value is -2.29. The lowest BCUT2D eigenvalue weighted by molar-refractivity contribution is 0.0915. The Morgan fingerprint density at radius 3 is 2.27 bits per heavy atom. The molecule has 22 heavy (non-hydrogen) atoms. The molecule has 0 fully saturated rings. The molecule has 2 aromatic carbocycles. The number of ether oxygens (including phenoxy) is 2. The number of hydrogen-bond acceptors (Lipinski definition) is 3. The summed E-state index contributed by atoms with van der Waals surface area (Å²) in [6, 6.07) is 12.2. The number of ketones is 1. The first-order valence-corrected chi connectivity index (χ1v) is 7.60. The van der Waals surface area contributed by atoms with Crippen molar-refractivity contribution in [3.63, 3.8) is 0 Å². The molecule has 2 atom stereocenters. The molecule has 0 saturated carbocycles. The summed E-state index contributed by atoms with van der Waals surface area (Å²) in [6.07, 6.45) is 1.73. The van der Waals surface area contributed by atoms with E-state index in [4.69, 9.17) is 9.47 Å². The minimum atomic E-state index is 0.0332. The van der Waals surface area contributed by atoms with E-state index in [9.17, 15) is 4.79 Å². The molecule has 0 aliphatic heterocycles. The minimum absolute atomic E-state index is 0.0332. The molecule has 3 heteroatoms. The van der Waals surface area contributed by atoms with Crippen LogP contribution in [0.1, 0.15) is 33.0 Å². The van der Waals surface area contributed by atoms with Gasteiger partial charge in [0.2, 0.25) is 0 Å². The van der Waals surface area contributed by atoms with Crippen molar-refractivity contribution >= 4 is 5.78 Å². The van der Waals surface area contributed by atoms with Gasteiger partial charge in [0.05, 0.1) is 19.8 Å². The fraction of sp³-hybridized carbons (Fsp3) is 0.316. The third kappa shape index (κ3) is 1.78. The normalized spacial score (nSPS) is 21.8. The summed E-state index contributed by atoms with van der Waals surface area (Å²) >= 11 is 0. The van der Waals surface area contributed by atoms with Gasteiger partial charge in [0.1, 0.15) is 11.5 Å². The summed E-state index contributed by atoms with van der Waals surface area (Å²) in [6.45, 7) is 0. The van der Waals surface area contributed by atoms with E-state index in [1.54, 1.807) is 20.3 Å². The van der Waals surface area contributed by atoms with Gasteiger partial charge in [0, 0.05) is 12.0 Å². The van der Waals surface area contributed by atoms with Crippen LogP contribution in [-0.2, 0) is 12.8 Å². The fourth-order valence-electron chi connectivity index (χ4n) is 3.95. The second kappa shape index (κ2) is 4.87. The number of carbonyl (C=O) groups is 1. The van der Waals surface area contributed by atoms with Gasteiger partial charge in [-0.3, -0.25) is 4.79 Å². The molecular formula is C19H18O3. The minimum Gasteiger partial charge on any atom is -0.497 e. The van der Waals surface area contributed by atoms with Gasteiger partial charge in [-0.2, -0.15) is 0 Å². The Bertz CT molecular complexity index is 763. The highest BCUT2D eigenvalue weighted by Gasteiger charge is 2.44. The summed E-state index contributed by atoms with van der Waals surface area (Å²) < 4.78 is 10.8. The SMILES string of the molecule is COc1cc(OC)c2c(c1)[C@@H]1Cc3ccccc3C[C@@H]1C2=O. The van der Waals surface area contributed by atoms with Crippen molar-refractivity contribution in [2.45, 2.75) is 18.8 Å². The Morgan fingerprint density at radius 1 is 0.955 bits per heavy atom. The van der Waals surface area contributed by atoms with Crippen molar-refractivity contribution in [1.29, 1.82) is 0 Å². The number of Topliss-reactive ketones (excluding diaryl/α,β-unsaturated/α-hetero) is 1. The standard InChI is InChI=1S/C19H18O3/c1-21-13-9-15-14-7-11-5-3-4-6-12(11)8-16(14)19(20)18(15)17(10-13)22-2/h3-6,9-10,14,16H,7-8H2,1-2H3/t14-,16-/m0/s1. The lowest BCUT2D eigenvalue weighted by Gasteiger charge is -2.27. The van der Waals surface area contributed by atoms with Crippen LogP contribution < -0.4 is 9.47 Å². The van der Waals surface area contributed by atoms with Crippen LogP contribution in [-0.4, -0.2) is 20.0 Å². The van der Waals surface area contributed by atoms with E-state index >= 15 is 0 Å². The lowest BCUT2D eigenvalue weighted by Crippen LogP contribution is -2.23. The van der Waals surface area contributed by atoms with Gasteiger partial charge in [-0.15, -0.1) is 0 Å². The summed E-state index contributed by atoms with van der Waals surface area (Å²) in [5.41, 5.74) is 4.49. The maximum atomic E-state index is 12.9. The number of benzene rings is 2. The molecule has 0 spiro atoms. The van der Waals surface area contributed by atoms with Crippen LogP contribution >= 0.6 is 0 Å². The number of rotatable bonds is 2. The van der Waals surface area contributed by atoms with E-state index in [0.717, 1.165) is 29.7 Å². The third-order valence-electron chi connectivity index (χ3n) is 5.03. The fourth-order valence-corrected chi connectivity index (χ4v) is 3.95. The lowest BCUT2D eigenvalue weighted by atomic mass is 9.76. The average Bonchev–Trinajstić information content (AvgIpc) is 2.84. The Balaban J connectivity index is 1.86. The van der Waals surface area contributed by atoms with Crippen molar-refractivity contribution in [3.05, 3.63) is 58.7 Å². The second-order valence-corrected chi connectivity index (χ2v) is 6.05. The van der Waals surface area contributed by atoms with E-state index in [1.807, 2.05) is 6.07 Å². The molecule has 0 saturated heterocycles. The predicted octanol–water partition coefficient (Wildman–Crippen LogP) is 3.40. The Kier molecular flexibility index (Phi) is 2.96. The molecule has 112 valence electrons. The van der Waals surface area contributed by atoms with Crippen molar-refractivity contribution < 1.29 is 14.3 Å². The Labute approximate surface area is 129 Å². The van der Waals surface area contributed by atoms with Crippen molar-refractivity contribution in [2.75, 3.05) is 14.2 Å². The quantitative estimate of drug-likeness (QED) is 0.851. The van der Waals surface area contributed by atoms with Crippen molar-refractivity contribution in [3.8, 4) is 11.5 Å². The van der Waals surface area contributed by atoms with Crippen molar-refractivity contribution in [2.24, 2.45) is 5.92 Å². The molecule has 0 unspecified atom stereocenters. The zero-order valence-corrected chi connectivity index (χ0v) is 12.8. The number of fused-ring (bicyclic) bond motifs is 4. The van der Waals surface area contributed by atoms with Crippen LogP contribution in [0.4, 0.5) is 0 Å². The first kappa shape index (κ1) is 13.4. The molecule has 0 radical (unpaired) electrons. The monoisotopic (exact) mass is 294 g/mol. The topological polar surface area (TPSA) is 35.5 Å². The van der Waals surface area contributed by atoms with Crippen molar-refractivity contribution in [1.82, 2.24) is 0 Å². The zero-order valence-electron chi connectivity index (χ0n) is 12.8. The Morgan fingerprint density at radius 2 is 1.64 bits per heavy atom. The molecule has 2 aliphatic rings. The van der Waals surface area contributed by atoms with Gasteiger partial charge in [0.15, 0.2) is 5.78 Å². The van der Waals surface area contributed by atoms with E-state index in [0.29, 0.717) is 5.75 Å². The molecule has 2 aliphatic carbocycles. The molecular weight excluding hydrogens is 276 g/mol. The average molecular weight is 294 g/mol. The van der Waals surface area contributed by atoms with Gasteiger partial charge in [-0.25, -0.2) is 0 Å². The summed E-state index contributed by atoms with van der Waals surface area (Å²) in [5, 5.41) is 0. The second-order valence-electron chi connectivity index (χ2n) is 6.05. The summed E-state index contributed by atoms with van der Waals surface area (Å²) in [4.78, 5) is 12.9. The summed E-state index contributed by atoms with van der Waals surface area (Å²) in [7, 11) is 3.25. The first-order chi connectivity index (χ1) is 10.7. The highest BCUT2D eigenvalue weighted by molar-refractivity contribution is 6.06. The van der Waals surface area contributed by atoms with Crippen LogP contribution in [0.3, 0.4) is 0 Å². The molecule has 0 aromatic heterocycles. The van der Waals surface area contributed by atoms with Gasteiger partial charge >= 0.3 is 0 Å². The highest BCUT2D eigenvalue weighted by atomic mass is 16.5. The van der Waals surface area contributed by atoms with E-state index in [1.165, 1.54) is 11.1 Å². The number of hydrogen-bond donors (Lipinski definition) is 0. The van der Waals surface area contributed by atoms with Gasteiger partial charge in [-0.05, 0) is 41.5 Å². The molecule has 0 N–H and O–H groups in total. The molecule has 3 nitrogen and oxygen atoms in total. The molecule has 2 aromatic rings. The van der Waals surface area contributed by atoms with Gasteiger partial charge < -0.3 is 9.47 Å². The van der Waals surface area contributed by atoms with E-state index < -0.39 is 0 Å². The summed E-state index contributed by atoms with van der Waals surface area (Å²) in [5.74, 6) is 1.88. The largest absolute Gasteiger partial charge is 0.497 e. The molecule has 0 heterocycles. The van der Waals surface area contributed by atoms with Gasteiger partial charge in [-0.1, -0.05) is 24.3 Å². The third-order valence-corrected chi connectivity index (χ3v) is 5.03. The van der Waals surface area contributed by atoms with Gasteiger partial charge in [0.25, 0.3) is 0 Å². The van der Waals surface area contributed by atoms with E-state index in [-0.39, 0.29) is 17.6 Å². The zero-order chi connectivity index (χ0) is 15.3. The number of carbonyl (C=O) groups excluding carboxylic acids is 1. The predicted molar refractivity (Wildman–Crippen MR) is 84.0 cm³/mol. The highest BCUT2D eigenvalue weighted by Crippen LogP contribution is 2.49. The molecule has 0 amide bonds. The van der Waals surface area contributed by atoms with Crippen LogP contribution in [0, 0.1) is 5.92 Å². The van der Waals surface area contributed by atoms with Crippen LogP contribution in [0.2, 0.25) is 0 Å². The number of methoxy groups -OCH3 is 2. The van der Waals surface area contributed by atoms with Crippen LogP contribution in [0.5, 0.6) is 11.5 Å². The van der Waals surface area contributed by atoms with Crippen LogP contribution in [0.25, 0.3) is 0 Å². The molecule has 0 bridgehead atoms. The maximum absolute atomic E-state index is 12.9. The molecule has 4 rings (SSSR count). The smallest absolute Gasteiger partial charge is 0.170 e. The van der Waals surface area contributed by atoms with E-state index in [2.05, 4.69) is 24.3 Å². The first-order valence-electron chi connectivity index (χ1n) is 7.60. The maximum Gasteiger partial charge on any atom is 0.170 e. The van der Waals surface area contributed by atoms with Crippen LogP contribution in [0.15, 0.2) is 36.4 Å².